The van der Waals surface area contributed by atoms with Crippen LogP contribution in [-0.4, -0.2) is 57.6 Å². The van der Waals surface area contributed by atoms with Crippen LogP contribution >= 0.6 is 0 Å². The van der Waals surface area contributed by atoms with E-state index in [2.05, 4.69) is 5.32 Å². The Balaban J connectivity index is 2.38. The molecular formula is C26H37N3O5S. The monoisotopic (exact) mass is 503 g/mol. The van der Waals surface area contributed by atoms with Crippen molar-refractivity contribution in [2.75, 3.05) is 30.8 Å². The Morgan fingerprint density at radius 2 is 1.71 bits per heavy atom. The van der Waals surface area contributed by atoms with Gasteiger partial charge in [-0.1, -0.05) is 45.0 Å². The average Bonchev–Trinajstić information content (AvgIpc) is 2.83. The van der Waals surface area contributed by atoms with Crippen molar-refractivity contribution in [1.82, 2.24) is 10.2 Å². The molecule has 192 valence electrons. The Kier molecular flexibility index (Phi) is 10.1. The predicted octanol–water partition coefficient (Wildman–Crippen LogP) is 3.53. The van der Waals surface area contributed by atoms with Gasteiger partial charge < -0.3 is 15.0 Å². The Hall–Kier alpha value is -3.07. The predicted molar refractivity (Wildman–Crippen MR) is 139 cm³/mol. The largest absolute Gasteiger partial charge is 0.497 e. The van der Waals surface area contributed by atoms with Crippen LogP contribution < -0.4 is 14.4 Å². The highest BCUT2D eigenvalue weighted by Gasteiger charge is 2.30. The van der Waals surface area contributed by atoms with Crippen LogP contribution in [0.4, 0.5) is 5.69 Å². The molecule has 1 N–H and O–H groups in total. The second kappa shape index (κ2) is 12.6. The third kappa shape index (κ3) is 7.99. The van der Waals surface area contributed by atoms with E-state index in [9.17, 15) is 18.0 Å². The van der Waals surface area contributed by atoms with Crippen LogP contribution in [0.1, 0.15) is 51.2 Å². The smallest absolute Gasteiger partial charge is 0.244 e. The zero-order valence-electron chi connectivity index (χ0n) is 21.4. The van der Waals surface area contributed by atoms with E-state index in [0.717, 1.165) is 28.1 Å². The number of methoxy groups -OCH3 is 1. The SMILES string of the molecule is CCCNC(=O)[C@H](C)N(Cc1cccc(OC)c1)C(=O)CN(c1ccc(C(C)C)cc1)S(C)(=O)=O. The minimum Gasteiger partial charge on any atom is -0.497 e. The highest BCUT2D eigenvalue weighted by atomic mass is 32.2. The molecule has 0 radical (unpaired) electrons. The van der Waals surface area contributed by atoms with E-state index in [0.29, 0.717) is 23.9 Å². The van der Waals surface area contributed by atoms with E-state index in [1.165, 1.54) is 4.90 Å². The number of ether oxygens (including phenoxy) is 1. The van der Waals surface area contributed by atoms with Gasteiger partial charge in [0, 0.05) is 13.1 Å². The molecule has 8 nitrogen and oxygen atoms in total. The average molecular weight is 504 g/mol. The number of amides is 2. The summed E-state index contributed by atoms with van der Waals surface area (Å²) in [6.07, 6.45) is 1.83. The first-order valence-corrected chi connectivity index (χ1v) is 13.6. The number of sulfonamides is 1. The number of carbonyl (C=O) groups excluding carboxylic acids is 2. The van der Waals surface area contributed by atoms with E-state index in [1.54, 1.807) is 44.4 Å². The molecule has 0 saturated heterocycles. The van der Waals surface area contributed by atoms with E-state index < -0.39 is 28.5 Å². The summed E-state index contributed by atoms with van der Waals surface area (Å²) >= 11 is 0. The second-order valence-corrected chi connectivity index (χ2v) is 10.8. The van der Waals surface area contributed by atoms with Gasteiger partial charge in [-0.15, -0.1) is 0 Å². The summed E-state index contributed by atoms with van der Waals surface area (Å²) in [4.78, 5) is 27.7. The Labute approximate surface area is 209 Å². The Morgan fingerprint density at radius 3 is 2.26 bits per heavy atom. The first-order valence-electron chi connectivity index (χ1n) is 11.8. The quantitative estimate of drug-likeness (QED) is 0.478. The van der Waals surface area contributed by atoms with Crippen LogP contribution in [-0.2, 0) is 26.2 Å². The van der Waals surface area contributed by atoms with Crippen molar-refractivity contribution in [1.29, 1.82) is 0 Å². The topological polar surface area (TPSA) is 96.0 Å². The lowest BCUT2D eigenvalue weighted by Crippen LogP contribution is -2.51. The number of nitrogens with one attached hydrogen (secondary N) is 1. The molecule has 0 saturated carbocycles. The number of nitrogens with zero attached hydrogens (tertiary/aromatic N) is 2. The zero-order valence-corrected chi connectivity index (χ0v) is 22.3. The maximum atomic E-state index is 13.5. The van der Waals surface area contributed by atoms with Crippen molar-refractivity contribution in [3.63, 3.8) is 0 Å². The normalized spacial score (nSPS) is 12.2. The van der Waals surface area contributed by atoms with Crippen molar-refractivity contribution in [2.24, 2.45) is 0 Å². The molecule has 0 spiro atoms. The van der Waals surface area contributed by atoms with E-state index >= 15 is 0 Å². The van der Waals surface area contributed by atoms with E-state index in [-0.39, 0.29) is 12.5 Å². The van der Waals surface area contributed by atoms with Crippen molar-refractivity contribution in [2.45, 2.75) is 52.6 Å². The van der Waals surface area contributed by atoms with Crippen molar-refractivity contribution >= 4 is 27.5 Å². The molecule has 2 aromatic carbocycles. The lowest BCUT2D eigenvalue weighted by Gasteiger charge is -2.31. The van der Waals surface area contributed by atoms with Gasteiger partial charge in [-0.25, -0.2) is 8.42 Å². The summed E-state index contributed by atoms with van der Waals surface area (Å²) in [5, 5.41) is 2.82. The molecule has 0 aliphatic carbocycles. The fraction of sp³-hybridized carbons (Fsp3) is 0.462. The molecule has 0 aliphatic heterocycles. The third-order valence-electron chi connectivity index (χ3n) is 5.73. The summed E-state index contributed by atoms with van der Waals surface area (Å²) in [5.41, 5.74) is 2.23. The van der Waals surface area contributed by atoms with Crippen LogP contribution in [0.25, 0.3) is 0 Å². The number of hydrogen-bond acceptors (Lipinski definition) is 5. The molecule has 0 aliphatic rings. The van der Waals surface area contributed by atoms with E-state index in [4.69, 9.17) is 4.74 Å². The van der Waals surface area contributed by atoms with Crippen LogP contribution in [0.5, 0.6) is 5.75 Å². The lowest BCUT2D eigenvalue weighted by molar-refractivity contribution is -0.139. The number of hydrogen-bond donors (Lipinski definition) is 1. The van der Waals surface area contributed by atoms with Gasteiger partial charge in [0.05, 0.1) is 19.1 Å². The summed E-state index contributed by atoms with van der Waals surface area (Å²) in [6.45, 7) is 7.88. The third-order valence-corrected chi connectivity index (χ3v) is 6.87. The zero-order chi connectivity index (χ0) is 26.2. The number of rotatable bonds is 12. The molecule has 35 heavy (non-hydrogen) atoms. The van der Waals surface area contributed by atoms with Gasteiger partial charge in [0.15, 0.2) is 0 Å². The molecule has 0 aromatic heterocycles. The highest BCUT2D eigenvalue weighted by molar-refractivity contribution is 7.92. The molecule has 2 rings (SSSR count). The van der Waals surface area contributed by atoms with Crippen LogP contribution in [0.15, 0.2) is 48.5 Å². The summed E-state index contributed by atoms with van der Waals surface area (Å²) in [6, 6.07) is 13.5. The van der Waals surface area contributed by atoms with Gasteiger partial charge >= 0.3 is 0 Å². The first-order chi connectivity index (χ1) is 16.5. The standard InChI is InChI=1S/C26H37N3O5S/c1-7-15-27-26(31)20(4)28(17-21-9-8-10-24(16-21)34-5)25(30)18-29(35(6,32)33)23-13-11-22(12-14-23)19(2)3/h8-14,16,19-20H,7,15,17-18H2,1-6H3,(H,27,31)/t20-/m0/s1. The molecule has 1 atom stereocenters. The Bertz CT molecular complexity index is 1100. The minimum absolute atomic E-state index is 0.126. The van der Waals surface area contributed by atoms with Crippen molar-refractivity contribution < 1.29 is 22.7 Å². The van der Waals surface area contributed by atoms with Crippen LogP contribution in [0, 0.1) is 0 Å². The summed E-state index contributed by atoms with van der Waals surface area (Å²) in [5.74, 6) is 0.139. The number of anilines is 1. The fourth-order valence-electron chi connectivity index (χ4n) is 3.59. The molecule has 0 unspecified atom stereocenters. The van der Waals surface area contributed by atoms with Crippen molar-refractivity contribution in [3.05, 3.63) is 59.7 Å². The Morgan fingerprint density at radius 1 is 1.06 bits per heavy atom. The van der Waals surface area contributed by atoms with Gasteiger partial charge in [0.25, 0.3) is 0 Å². The number of benzene rings is 2. The minimum atomic E-state index is -3.76. The van der Waals surface area contributed by atoms with Gasteiger partial charge in [0.2, 0.25) is 21.8 Å². The van der Waals surface area contributed by atoms with Gasteiger partial charge in [-0.05, 0) is 54.7 Å². The molecular weight excluding hydrogens is 466 g/mol. The van der Waals surface area contributed by atoms with Gasteiger partial charge in [-0.3, -0.25) is 13.9 Å². The molecule has 2 aromatic rings. The molecule has 2 amide bonds. The van der Waals surface area contributed by atoms with Crippen molar-refractivity contribution in [3.8, 4) is 5.75 Å². The van der Waals surface area contributed by atoms with Crippen LogP contribution in [0.3, 0.4) is 0 Å². The van der Waals surface area contributed by atoms with Crippen LogP contribution in [0.2, 0.25) is 0 Å². The molecule has 0 bridgehead atoms. The maximum Gasteiger partial charge on any atom is 0.244 e. The summed E-state index contributed by atoms with van der Waals surface area (Å²) in [7, 11) is -2.21. The molecule has 0 fully saturated rings. The molecule has 9 heteroatoms. The summed E-state index contributed by atoms with van der Waals surface area (Å²) < 4.78 is 31.7. The fourth-order valence-corrected chi connectivity index (χ4v) is 4.43. The lowest BCUT2D eigenvalue weighted by atomic mass is 10.0. The first kappa shape index (κ1) is 28.2. The molecule has 0 heterocycles. The van der Waals surface area contributed by atoms with Gasteiger partial charge in [-0.2, -0.15) is 0 Å². The second-order valence-electron chi connectivity index (χ2n) is 8.86. The van der Waals surface area contributed by atoms with Gasteiger partial charge in [0.1, 0.15) is 18.3 Å². The highest BCUT2D eigenvalue weighted by Crippen LogP contribution is 2.23. The maximum absolute atomic E-state index is 13.5. The number of carbonyl (C=O) groups is 2. The van der Waals surface area contributed by atoms with E-state index in [1.807, 2.05) is 39.0 Å².